The van der Waals surface area contributed by atoms with Gasteiger partial charge in [-0.2, -0.15) is 11.8 Å². The summed E-state index contributed by atoms with van der Waals surface area (Å²) in [5.74, 6) is 1.86. The van der Waals surface area contributed by atoms with Crippen LogP contribution in [0.2, 0.25) is 0 Å². The molecule has 0 spiro atoms. The highest BCUT2D eigenvalue weighted by atomic mass is 32.2. The van der Waals surface area contributed by atoms with Gasteiger partial charge in [-0.1, -0.05) is 11.2 Å². The van der Waals surface area contributed by atoms with Crippen molar-refractivity contribution in [1.82, 2.24) is 4.98 Å². The van der Waals surface area contributed by atoms with E-state index in [9.17, 15) is 0 Å². The maximum Gasteiger partial charge on any atom is 0.188 e. The molecule has 0 saturated heterocycles. The van der Waals surface area contributed by atoms with E-state index in [2.05, 4.69) is 28.2 Å². The van der Waals surface area contributed by atoms with Gasteiger partial charge in [0.15, 0.2) is 5.84 Å². The molecule has 5 nitrogen and oxygen atoms in total. The van der Waals surface area contributed by atoms with E-state index < -0.39 is 0 Å². The molecule has 1 atom stereocenters. The standard InChI is InChI=1S/C11H18N4OS/c1-8(7-17-3)15(2)10-6-4-5-9(13-10)11(12)14-16/h4-6,8,16H,7H2,1-3H3,(H2,12,14). The summed E-state index contributed by atoms with van der Waals surface area (Å²) in [6.07, 6.45) is 2.07. The topological polar surface area (TPSA) is 74.7 Å². The summed E-state index contributed by atoms with van der Waals surface area (Å²) in [5.41, 5.74) is 5.99. The van der Waals surface area contributed by atoms with Gasteiger partial charge in [0.05, 0.1) is 0 Å². The van der Waals surface area contributed by atoms with Gasteiger partial charge in [-0.15, -0.1) is 0 Å². The van der Waals surface area contributed by atoms with E-state index in [1.807, 2.05) is 19.2 Å². The maximum atomic E-state index is 8.62. The van der Waals surface area contributed by atoms with Crippen molar-refractivity contribution in [1.29, 1.82) is 0 Å². The van der Waals surface area contributed by atoms with E-state index in [4.69, 9.17) is 10.9 Å². The molecule has 1 aromatic rings. The van der Waals surface area contributed by atoms with E-state index in [1.54, 1.807) is 17.8 Å². The summed E-state index contributed by atoms with van der Waals surface area (Å²) in [7, 11) is 1.99. The number of anilines is 1. The van der Waals surface area contributed by atoms with E-state index in [0.717, 1.165) is 11.6 Å². The second-order valence-electron chi connectivity index (χ2n) is 3.78. The van der Waals surface area contributed by atoms with E-state index >= 15 is 0 Å². The van der Waals surface area contributed by atoms with Gasteiger partial charge < -0.3 is 15.8 Å². The molecule has 0 aliphatic carbocycles. The Morgan fingerprint density at radius 1 is 1.65 bits per heavy atom. The van der Waals surface area contributed by atoms with Crippen LogP contribution in [0.4, 0.5) is 5.82 Å². The Balaban J connectivity index is 2.91. The minimum atomic E-state index is 0.0257. The molecule has 1 unspecified atom stereocenters. The van der Waals surface area contributed by atoms with Crippen LogP contribution in [0.25, 0.3) is 0 Å². The molecule has 0 radical (unpaired) electrons. The van der Waals surface area contributed by atoms with Crippen LogP contribution in [0.1, 0.15) is 12.6 Å². The summed E-state index contributed by atoms with van der Waals surface area (Å²) in [6.45, 7) is 2.13. The Labute approximate surface area is 106 Å². The molecule has 0 aliphatic heterocycles. The van der Waals surface area contributed by atoms with Crippen molar-refractivity contribution in [3.63, 3.8) is 0 Å². The van der Waals surface area contributed by atoms with Crippen LogP contribution in [0.15, 0.2) is 23.4 Å². The summed E-state index contributed by atoms with van der Waals surface area (Å²) in [6, 6.07) is 5.84. The quantitative estimate of drug-likeness (QED) is 0.359. The third-order valence-corrected chi connectivity index (χ3v) is 3.35. The zero-order valence-electron chi connectivity index (χ0n) is 10.3. The van der Waals surface area contributed by atoms with Gasteiger partial charge in [-0.05, 0) is 25.3 Å². The number of aromatic nitrogens is 1. The molecule has 0 aromatic carbocycles. The molecular weight excluding hydrogens is 236 g/mol. The molecule has 0 aliphatic rings. The second-order valence-corrected chi connectivity index (χ2v) is 4.69. The smallest absolute Gasteiger partial charge is 0.188 e. The average molecular weight is 254 g/mol. The van der Waals surface area contributed by atoms with Crippen molar-refractivity contribution in [2.45, 2.75) is 13.0 Å². The van der Waals surface area contributed by atoms with Crippen LogP contribution >= 0.6 is 11.8 Å². The Kier molecular flexibility index (Phi) is 5.09. The second kappa shape index (κ2) is 6.34. The van der Waals surface area contributed by atoms with E-state index in [0.29, 0.717) is 11.7 Å². The van der Waals surface area contributed by atoms with Crippen LogP contribution in [-0.2, 0) is 0 Å². The average Bonchev–Trinajstić information content (AvgIpc) is 2.37. The molecule has 0 fully saturated rings. The predicted octanol–water partition coefficient (Wildman–Crippen LogP) is 1.36. The molecule has 1 rings (SSSR count). The third-order valence-electron chi connectivity index (χ3n) is 2.53. The van der Waals surface area contributed by atoms with Crippen molar-refractivity contribution in [3.05, 3.63) is 23.9 Å². The lowest BCUT2D eigenvalue weighted by atomic mass is 10.3. The molecule has 1 aromatic heterocycles. The highest BCUT2D eigenvalue weighted by Crippen LogP contribution is 2.14. The Hall–Kier alpha value is -1.43. The first-order valence-electron chi connectivity index (χ1n) is 5.27. The highest BCUT2D eigenvalue weighted by molar-refractivity contribution is 7.98. The SMILES string of the molecule is CSCC(C)N(C)c1cccc(/C(N)=N/O)n1. The predicted molar refractivity (Wildman–Crippen MR) is 73.0 cm³/mol. The Morgan fingerprint density at radius 2 is 2.35 bits per heavy atom. The molecule has 1 heterocycles. The molecule has 94 valence electrons. The third kappa shape index (κ3) is 3.52. The normalized spacial score (nSPS) is 13.5. The zero-order chi connectivity index (χ0) is 12.8. The molecule has 0 saturated carbocycles. The van der Waals surface area contributed by atoms with Gasteiger partial charge in [-0.25, -0.2) is 4.98 Å². The van der Waals surface area contributed by atoms with Gasteiger partial charge in [0.2, 0.25) is 0 Å². The number of nitrogens with zero attached hydrogens (tertiary/aromatic N) is 3. The monoisotopic (exact) mass is 254 g/mol. The summed E-state index contributed by atoms with van der Waals surface area (Å²) in [4.78, 5) is 6.42. The van der Waals surface area contributed by atoms with Crippen molar-refractivity contribution in [3.8, 4) is 0 Å². The molecule has 6 heteroatoms. The number of amidine groups is 1. The molecule has 3 N–H and O–H groups in total. The highest BCUT2D eigenvalue weighted by Gasteiger charge is 2.11. The van der Waals surface area contributed by atoms with Crippen LogP contribution in [0.3, 0.4) is 0 Å². The fourth-order valence-electron chi connectivity index (χ4n) is 1.39. The number of oxime groups is 1. The Morgan fingerprint density at radius 3 is 2.94 bits per heavy atom. The first-order valence-corrected chi connectivity index (χ1v) is 6.66. The van der Waals surface area contributed by atoms with Crippen LogP contribution in [0.5, 0.6) is 0 Å². The summed E-state index contributed by atoms with van der Waals surface area (Å²) < 4.78 is 0. The number of nitrogens with two attached hydrogens (primary N) is 1. The largest absolute Gasteiger partial charge is 0.409 e. The number of rotatable bonds is 5. The van der Waals surface area contributed by atoms with E-state index in [-0.39, 0.29) is 5.84 Å². The van der Waals surface area contributed by atoms with Crippen LogP contribution < -0.4 is 10.6 Å². The molecular formula is C11H18N4OS. The lowest BCUT2D eigenvalue weighted by molar-refractivity contribution is 0.318. The molecule has 0 amide bonds. The summed E-state index contributed by atoms with van der Waals surface area (Å²) in [5, 5.41) is 11.6. The van der Waals surface area contributed by atoms with E-state index in [1.165, 1.54) is 0 Å². The fourth-order valence-corrected chi connectivity index (χ4v) is 2.10. The number of hydrogen-bond acceptors (Lipinski definition) is 5. The van der Waals surface area contributed by atoms with Crippen molar-refractivity contribution >= 4 is 23.4 Å². The molecule has 17 heavy (non-hydrogen) atoms. The lowest BCUT2D eigenvalue weighted by Gasteiger charge is -2.25. The Bertz CT molecular complexity index is 397. The van der Waals surface area contributed by atoms with Crippen molar-refractivity contribution < 1.29 is 5.21 Å². The van der Waals surface area contributed by atoms with Gasteiger partial charge in [0.1, 0.15) is 11.5 Å². The van der Waals surface area contributed by atoms with Crippen LogP contribution in [-0.4, -0.2) is 41.1 Å². The van der Waals surface area contributed by atoms with Gasteiger partial charge in [-0.3, -0.25) is 0 Å². The fraction of sp³-hybridized carbons (Fsp3) is 0.455. The van der Waals surface area contributed by atoms with Gasteiger partial charge in [0, 0.05) is 18.8 Å². The van der Waals surface area contributed by atoms with Crippen molar-refractivity contribution in [2.24, 2.45) is 10.9 Å². The lowest BCUT2D eigenvalue weighted by Crippen LogP contribution is -2.32. The minimum Gasteiger partial charge on any atom is -0.409 e. The van der Waals surface area contributed by atoms with Crippen molar-refractivity contribution in [2.75, 3.05) is 24.0 Å². The first-order chi connectivity index (χ1) is 8.10. The zero-order valence-corrected chi connectivity index (χ0v) is 11.1. The number of pyridine rings is 1. The maximum absolute atomic E-state index is 8.62. The first kappa shape index (κ1) is 13.6. The number of thioether (sulfide) groups is 1. The van der Waals surface area contributed by atoms with Gasteiger partial charge >= 0.3 is 0 Å². The summed E-state index contributed by atoms with van der Waals surface area (Å²) >= 11 is 1.79. The molecule has 0 bridgehead atoms. The minimum absolute atomic E-state index is 0.0257. The van der Waals surface area contributed by atoms with Crippen LogP contribution in [0, 0.1) is 0 Å². The van der Waals surface area contributed by atoms with Gasteiger partial charge in [0.25, 0.3) is 0 Å². The number of hydrogen-bond donors (Lipinski definition) is 2.